The van der Waals surface area contributed by atoms with E-state index in [2.05, 4.69) is 9.97 Å². The first-order chi connectivity index (χ1) is 10.7. The van der Waals surface area contributed by atoms with E-state index < -0.39 is 0 Å². The zero-order valence-corrected chi connectivity index (χ0v) is 13.4. The minimum atomic E-state index is 0.0868. The number of benzene rings is 2. The fraction of sp³-hybridized carbons (Fsp3) is 0.125. The van der Waals surface area contributed by atoms with Gasteiger partial charge in [0.2, 0.25) is 5.28 Å². The Balaban J connectivity index is 2.50. The number of rotatable bonds is 3. The van der Waals surface area contributed by atoms with Crippen LogP contribution in [0.3, 0.4) is 0 Å². The highest BCUT2D eigenvalue weighted by Gasteiger charge is 2.20. The maximum Gasteiger partial charge on any atom is 0.224 e. The van der Waals surface area contributed by atoms with Crippen molar-refractivity contribution in [3.05, 3.63) is 46.8 Å². The van der Waals surface area contributed by atoms with Gasteiger partial charge in [-0.2, -0.15) is 0 Å². The monoisotopic (exact) mass is 334 g/mol. The van der Waals surface area contributed by atoms with Gasteiger partial charge in [0.15, 0.2) is 11.5 Å². The molecule has 4 nitrogen and oxygen atoms in total. The Kier molecular flexibility index (Phi) is 4.05. The van der Waals surface area contributed by atoms with Crippen molar-refractivity contribution in [2.45, 2.75) is 0 Å². The van der Waals surface area contributed by atoms with Crippen LogP contribution < -0.4 is 9.47 Å². The van der Waals surface area contributed by atoms with Gasteiger partial charge in [-0.05, 0) is 17.2 Å². The van der Waals surface area contributed by atoms with Crippen molar-refractivity contribution in [3.8, 4) is 22.6 Å². The molecule has 0 fully saturated rings. The van der Waals surface area contributed by atoms with Crippen LogP contribution in [0.5, 0.6) is 11.5 Å². The average molecular weight is 335 g/mol. The molecule has 3 rings (SSSR count). The number of hydrogen-bond acceptors (Lipinski definition) is 4. The number of aromatic nitrogens is 2. The van der Waals surface area contributed by atoms with Gasteiger partial charge in [0, 0.05) is 17.0 Å². The molecule has 0 bridgehead atoms. The van der Waals surface area contributed by atoms with Crippen LogP contribution in [0.4, 0.5) is 0 Å². The zero-order valence-electron chi connectivity index (χ0n) is 11.9. The van der Waals surface area contributed by atoms with E-state index in [1.54, 1.807) is 20.3 Å². The van der Waals surface area contributed by atoms with Crippen LogP contribution in [0.25, 0.3) is 22.0 Å². The highest BCUT2D eigenvalue weighted by Crippen LogP contribution is 2.45. The van der Waals surface area contributed by atoms with Gasteiger partial charge in [-0.25, -0.2) is 9.97 Å². The summed E-state index contributed by atoms with van der Waals surface area (Å²) in [4.78, 5) is 8.28. The number of fused-ring (bicyclic) bond motifs is 1. The van der Waals surface area contributed by atoms with Crippen molar-refractivity contribution >= 4 is 34.1 Å². The fourth-order valence-electron chi connectivity index (χ4n) is 2.42. The molecule has 0 amide bonds. The lowest BCUT2D eigenvalue weighted by Crippen LogP contribution is -1.97. The summed E-state index contributed by atoms with van der Waals surface area (Å²) in [5.41, 5.74) is 2.30. The Morgan fingerprint density at radius 1 is 0.955 bits per heavy atom. The predicted molar refractivity (Wildman–Crippen MR) is 88.1 cm³/mol. The predicted octanol–water partition coefficient (Wildman–Crippen LogP) is 4.62. The number of ether oxygens (including phenoxy) is 2. The smallest absolute Gasteiger partial charge is 0.224 e. The van der Waals surface area contributed by atoms with Crippen LogP contribution in [0, 0.1) is 0 Å². The highest BCUT2D eigenvalue weighted by atomic mass is 35.5. The second-order valence-electron chi connectivity index (χ2n) is 4.53. The lowest BCUT2D eigenvalue weighted by atomic mass is 9.99. The number of methoxy groups -OCH3 is 2. The van der Waals surface area contributed by atoms with E-state index in [-0.39, 0.29) is 10.4 Å². The molecule has 0 saturated carbocycles. The quantitative estimate of drug-likeness (QED) is 0.517. The Morgan fingerprint density at radius 2 is 1.68 bits per heavy atom. The summed E-state index contributed by atoms with van der Waals surface area (Å²) in [5, 5.41) is 1.04. The van der Waals surface area contributed by atoms with Crippen molar-refractivity contribution in [2.75, 3.05) is 14.2 Å². The second-order valence-corrected chi connectivity index (χ2v) is 5.23. The molecule has 0 spiro atoms. The van der Waals surface area contributed by atoms with E-state index >= 15 is 0 Å². The van der Waals surface area contributed by atoms with Gasteiger partial charge in [0.1, 0.15) is 5.15 Å². The van der Waals surface area contributed by atoms with Gasteiger partial charge in [-0.3, -0.25) is 0 Å². The normalized spacial score (nSPS) is 10.7. The first-order valence-electron chi connectivity index (χ1n) is 6.49. The van der Waals surface area contributed by atoms with Gasteiger partial charge >= 0.3 is 0 Å². The summed E-state index contributed by atoms with van der Waals surface area (Å²) in [6.45, 7) is 0. The molecule has 3 aromatic rings. The Morgan fingerprint density at radius 3 is 2.32 bits per heavy atom. The van der Waals surface area contributed by atoms with E-state index in [0.29, 0.717) is 22.4 Å². The number of hydrogen-bond donors (Lipinski definition) is 0. The molecule has 1 aromatic heterocycles. The molecule has 0 unspecified atom stereocenters. The summed E-state index contributed by atoms with van der Waals surface area (Å²) in [6, 6.07) is 11.5. The van der Waals surface area contributed by atoms with Gasteiger partial charge in [0.25, 0.3) is 0 Å². The van der Waals surface area contributed by atoms with Crippen LogP contribution in [0.15, 0.2) is 36.4 Å². The van der Waals surface area contributed by atoms with Gasteiger partial charge in [-0.15, -0.1) is 0 Å². The van der Waals surface area contributed by atoms with Crippen LogP contribution >= 0.6 is 23.2 Å². The molecule has 0 N–H and O–H groups in total. The highest BCUT2D eigenvalue weighted by molar-refractivity contribution is 6.37. The van der Waals surface area contributed by atoms with Crippen LogP contribution in [-0.2, 0) is 0 Å². The second kappa shape index (κ2) is 5.99. The first kappa shape index (κ1) is 14.9. The largest absolute Gasteiger partial charge is 0.493 e. The molecule has 0 aliphatic carbocycles. The first-order valence-corrected chi connectivity index (χ1v) is 7.24. The van der Waals surface area contributed by atoms with E-state index in [1.165, 1.54) is 0 Å². The minimum absolute atomic E-state index is 0.0868. The topological polar surface area (TPSA) is 44.2 Å². The molecule has 0 radical (unpaired) electrons. The molecule has 22 heavy (non-hydrogen) atoms. The lowest BCUT2D eigenvalue weighted by molar-refractivity contribution is 0.357. The molecule has 0 aliphatic heterocycles. The van der Waals surface area contributed by atoms with Crippen LogP contribution in [-0.4, -0.2) is 24.2 Å². The number of nitrogens with zero attached hydrogens (tertiary/aromatic N) is 2. The molecule has 0 aliphatic rings. The van der Waals surface area contributed by atoms with E-state index in [4.69, 9.17) is 32.7 Å². The van der Waals surface area contributed by atoms with E-state index in [1.807, 2.05) is 30.3 Å². The molecule has 6 heteroatoms. The molecule has 0 saturated heterocycles. The summed E-state index contributed by atoms with van der Waals surface area (Å²) < 4.78 is 11.0. The third kappa shape index (κ3) is 2.45. The zero-order chi connectivity index (χ0) is 15.7. The standard InChI is InChI=1S/C16H12Cl2N2O2/c1-21-11-8-10-13(15(17)20-16(18)19-10)12(14(11)22-2)9-6-4-3-5-7-9/h3-8H,1-2H3. The number of halogens is 2. The summed E-state index contributed by atoms with van der Waals surface area (Å²) in [5.74, 6) is 1.13. The molecule has 2 aromatic carbocycles. The van der Waals surface area contributed by atoms with E-state index in [9.17, 15) is 0 Å². The van der Waals surface area contributed by atoms with Gasteiger partial charge in [0.05, 0.1) is 19.7 Å². The summed E-state index contributed by atoms with van der Waals surface area (Å²) >= 11 is 12.2. The molecular weight excluding hydrogens is 323 g/mol. The maximum atomic E-state index is 6.31. The Labute approximate surface area is 137 Å². The Bertz CT molecular complexity index is 839. The summed E-state index contributed by atoms with van der Waals surface area (Å²) in [7, 11) is 3.16. The van der Waals surface area contributed by atoms with Crippen molar-refractivity contribution in [2.24, 2.45) is 0 Å². The third-order valence-electron chi connectivity index (χ3n) is 3.32. The third-order valence-corrected chi connectivity index (χ3v) is 3.76. The Hall–Kier alpha value is -2.04. The average Bonchev–Trinajstić information content (AvgIpc) is 2.53. The van der Waals surface area contributed by atoms with Crippen molar-refractivity contribution in [1.29, 1.82) is 0 Å². The van der Waals surface area contributed by atoms with Crippen molar-refractivity contribution in [3.63, 3.8) is 0 Å². The molecule has 112 valence electrons. The van der Waals surface area contributed by atoms with E-state index in [0.717, 1.165) is 11.1 Å². The van der Waals surface area contributed by atoms with Crippen molar-refractivity contribution in [1.82, 2.24) is 9.97 Å². The van der Waals surface area contributed by atoms with Gasteiger partial charge < -0.3 is 9.47 Å². The molecular formula is C16H12Cl2N2O2. The lowest BCUT2D eigenvalue weighted by Gasteiger charge is -2.16. The van der Waals surface area contributed by atoms with Crippen molar-refractivity contribution < 1.29 is 9.47 Å². The minimum Gasteiger partial charge on any atom is -0.493 e. The van der Waals surface area contributed by atoms with Crippen LogP contribution in [0.1, 0.15) is 0 Å². The maximum absolute atomic E-state index is 6.31. The van der Waals surface area contributed by atoms with Gasteiger partial charge in [-0.1, -0.05) is 41.9 Å². The summed E-state index contributed by atoms with van der Waals surface area (Å²) in [6.07, 6.45) is 0. The molecule has 0 atom stereocenters. The molecule has 1 heterocycles. The fourth-order valence-corrected chi connectivity index (χ4v) is 2.91. The SMILES string of the molecule is COc1cc2nc(Cl)nc(Cl)c2c(-c2ccccc2)c1OC. The van der Waals surface area contributed by atoms with Crippen LogP contribution in [0.2, 0.25) is 10.4 Å².